The number of fused-ring (bicyclic) bond motifs is 1. The van der Waals surface area contributed by atoms with E-state index in [1.54, 1.807) is 0 Å². The molecule has 6 nitrogen and oxygen atoms in total. The summed E-state index contributed by atoms with van der Waals surface area (Å²) in [6.07, 6.45) is 3.15. The van der Waals surface area contributed by atoms with Gasteiger partial charge in [-0.3, -0.25) is 9.59 Å². The van der Waals surface area contributed by atoms with E-state index in [2.05, 4.69) is 24.0 Å². The molecule has 0 bridgehead atoms. The summed E-state index contributed by atoms with van der Waals surface area (Å²) in [5.74, 6) is 1.30. The third kappa shape index (κ3) is 4.58. The molecule has 31 heavy (non-hydrogen) atoms. The van der Waals surface area contributed by atoms with Crippen LogP contribution in [-0.4, -0.2) is 49.6 Å². The Balaban J connectivity index is 1.45. The maximum Gasteiger partial charge on any atom is 0.243 e. The molecule has 1 N–H and O–H groups in total. The largest absolute Gasteiger partial charge is 0.486 e. The number of piperidine rings is 1. The molecule has 0 atom stereocenters. The van der Waals surface area contributed by atoms with Gasteiger partial charge < -0.3 is 19.7 Å². The highest BCUT2D eigenvalue weighted by molar-refractivity contribution is 5.87. The van der Waals surface area contributed by atoms with Crippen LogP contribution in [0.2, 0.25) is 0 Å². The van der Waals surface area contributed by atoms with Crippen LogP contribution >= 0.6 is 0 Å². The summed E-state index contributed by atoms with van der Waals surface area (Å²) in [5, 5.41) is 2.97. The minimum Gasteiger partial charge on any atom is -0.486 e. The fraction of sp³-hybridized carbons (Fsp3) is 0.360. The van der Waals surface area contributed by atoms with Gasteiger partial charge in [-0.05, 0) is 30.5 Å². The molecule has 6 heteroatoms. The molecular weight excluding hydrogens is 392 g/mol. The van der Waals surface area contributed by atoms with Crippen molar-refractivity contribution in [3.8, 4) is 11.5 Å². The standard InChI is InChI=1S/C25H28N2O4/c1-2-22(28)26-18-25(20-8-4-3-5-9-20)11-13-27(14-12-25)23(29)17-19-7-6-10-21-24(19)31-16-15-30-21/h2-10H,1,11-18H2,(H,26,28). The van der Waals surface area contributed by atoms with E-state index in [-0.39, 0.29) is 23.7 Å². The lowest BCUT2D eigenvalue weighted by atomic mass is 9.72. The Kier molecular flexibility index (Phi) is 6.26. The molecule has 2 aromatic rings. The van der Waals surface area contributed by atoms with Gasteiger partial charge in [0.05, 0.1) is 6.42 Å². The summed E-state index contributed by atoms with van der Waals surface area (Å²) in [4.78, 5) is 26.8. The van der Waals surface area contributed by atoms with Crippen LogP contribution in [0.15, 0.2) is 61.2 Å². The maximum absolute atomic E-state index is 13.1. The van der Waals surface area contributed by atoms with Crippen molar-refractivity contribution < 1.29 is 19.1 Å². The molecule has 2 amide bonds. The average Bonchev–Trinajstić information content (AvgIpc) is 2.83. The summed E-state index contributed by atoms with van der Waals surface area (Å²) in [6.45, 7) is 6.38. The van der Waals surface area contributed by atoms with E-state index in [1.807, 2.05) is 41.3 Å². The van der Waals surface area contributed by atoms with Crippen molar-refractivity contribution in [2.75, 3.05) is 32.8 Å². The lowest BCUT2D eigenvalue weighted by molar-refractivity contribution is -0.132. The number of hydrogen-bond donors (Lipinski definition) is 1. The first-order valence-electron chi connectivity index (χ1n) is 10.7. The van der Waals surface area contributed by atoms with Crippen LogP contribution in [0, 0.1) is 0 Å². The Hall–Kier alpha value is -3.28. The highest BCUT2D eigenvalue weighted by Gasteiger charge is 2.37. The number of para-hydroxylation sites is 1. The third-order valence-corrected chi connectivity index (χ3v) is 6.24. The Morgan fingerprint density at radius 3 is 2.52 bits per heavy atom. The van der Waals surface area contributed by atoms with Gasteiger partial charge in [-0.1, -0.05) is 49.0 Å². The van der Waals surface area contributed by atoms with Gasteiger partial charge in [-0.2, -0.15) is 0 Å². The maximum atomic E-state index is 13.1. The van der Waals surface area contributed by atoms with Gasteiger partial charge in [0.2, 0.25) is 11.8 Å². The SMILES string of the molecule is C=CC(=O)NCC1(c2ccccc2)CCN(C(=O)Cc2cccc3c2OCCO3)CC1. The zero-order valence-electron chi connectivity index (χ0n) is 17.6. The number of nitrogens with one attached hydrogen (secondary N) is 1. The van der Waals surface area contributed by atoms with Gasteiger partial charge in [-0.25, -0.2) is 0 Å². The van der Waals surface area contributed by atoms with E-state index >= 15 is 0 Å². The molecule has 162 valence electrons. The zero-order chi connectivity index (χ0) is 21.7. The summed E-state index contributed by atoms with van der Waals surface area (Å²) >= 11 is 0. The van der Waals surface area contributed by atoms with Gasteiger partial charge in [-0.15, -0.1) is 0 Å². The Morgan fingerprint density at radius 1 is 1.03 bits per heavy atom. The van der Waals surface area contributed by atoms with Gasteiger partial charge in [0.1, 0.15) is 13.2 Å². The van der Waals surface area contributed by atoms with E-state index in [4.69, 9.17) is 9.47 Å². The van der Waals surface area contributed by atoms with Crippen LogP contribution in [-0.2, 0) is 21.4 Å². The summed E-state index contributed by atoms with van der Waals surface area (Å²) in [5.41, 5.74) is 1.86. The monoisotopic (exact) mass is 420 g/mol. The smallest absolute Gasteiger partial charge is 0.243 e. The van der Waals surface area contributed by atoms with E-state index in [1.165, 1.54) is 11.6 Å². The van der Waals surface area contributed by atoms with Crippen molar-refractivity contribution >= 4 is 11.8 Å². The third-order valence-electron chi connectivity index (χ3n) is 6.24. The summed E-state index contributed by atoms with van der Waals surface area (Å²) < 4.78 is 11.4. The quantitative estimate of drug-likeness (QED) is 0.730. The predicted octanol–water partition coefficient (Wildman–Crippen LogP) is 2.86. The van der Waals surface area contributed by atoms with Crippen LogP contribution < -0.4 is 14.8 Å². The van der Waals surface area contributed by atoms with Crippen LogP contribution in [0.25, 0.3) is 0 Å². The molecule has 4 rings (SSSR count). The number of hydrogen-bond acceptors (Lipinski definition) is 4. The molecule has 2 aromatic carbocycles. The van der Waals surface area contributed by atoms with Crippen molar-refractivity contribution in [2.24, 2.45) is 0 Å². The zero-order valence-corrected chi connectivity index (χ0v) is 17.6. The molecule has 2 heterocycles. The van der Waals surface area contributed by atoms with E-state index in [9.17, 15) is 9.59 Å². The van der Waals surface area contributed by atoms with Crippen LogP contribution in [0.5, 0.6) is 11.5 Å². The summed E-state index contributed by atoms with van der Waals surface area (Å²) in [7, 11) is 0. The number of likely N-dealkylation sites (tertiary alicyclic amines) is 1. The molecule has 0 saturated carbocycles. The fourth-order valence-corrected chi connectivity index (χ4v) is 4.42. The van der Waals surface area contributed by atoms with E-state index < -0.39 is 0 Å². The minimum atomic E-state index is -0.195. The van der Waals surface area contributed by atoms with Crippen molar-refractivity contribution in [2.45, 2.75) is 24.7 Å². The van der Waals surface area contributed by atoms with Gasteiger partial charge in [0.25, 0.3) is 0 Å². The average molecular weight is 421 g/mol. The first kappa shape index (κ1) is 21.0. The second kappa shape index (κ2) is 9.25. The van der Waals surface area contributed by atoms with Crippen LogP contribution in [0.1, 0.15) is 24.0 Å². The lowest BCUT2D eigenvalue weighted by Crippen LogP contribution is -2.50. The number of carbonyl (C=O) groups excluding carboxylic acids is 2. The van der Waals surface area contributed by atoms with E-state index in [0.717, 1.165) is 18.4 Å². The Morgan fingerprint density at radius 2 is 1.77 bits per heavy atom. The van der Waals surface area contributed by atoms with Crippen molar-refractivity contribution in [3.05, 3.63) is 72.3 Å². The second-order valence-electron chi connectivity index (χ2n) is 8.07. The Labute approximate surface area is 182 Å². The van der Waals surface area contributed by atoms with Crippen molar-refractivity contribution in [1.82, 2.24) is 10.2 Å². The molecule has 2 aliphatic heterocycles. The van der Waals surface area contributed by atoms with Gasteiger partial charge in [0.15, 0.2) is 11.5 Å². The number of amides is 2. The highest BCUT2D eigenvalue weighted by Crippen LogP contribution is 2.37. The number of nitrogens with zero attached hydrogens (tertiary/aromatic N) is 1. The van der Waals surface area contributed by atoms with Crippen molar-refractivity contribution in [1.29, 1.82) is 0 Å². The highest BCUT2D eigenvalue weighted by atomic mass is 16.6. The first-order chi connectivity index (χ1) is 15.1. The molecule has 0 radical (unpaired) electrons. The molecule has 2 aliphatic rings. The molecule has 0 unspecified atom stereocenters. The second-order valence-corrected chi connectivity index (χ2v) is 8.07. The Bertz CT molecular complexity index is 949. The number of carbonyl (C=O) groups is 2. The van der Waals surface area contributed by atoms with E-state index in [0.29, 0.717) is 44.3 Å². The first-order valence-corrected chi connectivity index (χ1v) is 10.7. The van der Waals surface area contributed by atoms with Crippen molar-refractivity contribution in [3.63, 3.8) is 0 Å². The van der Waals surface area contributed by atoms with Gasteiger partial charge in [0, 0.05) is 30.6 Å². The molecule has 1 saturated heterocycles. The molecule has 1 fully saturated rings. The number of benzene rings is 2. The van der Waals surface area contributed by atoms with Crippen LogP contribution in [0.4, 0.5) is 0 Å². The fourth-order valence-electron chi connectivity index (χ4n) is 4.42. The topological polar surface area (TPSA) is 67.9 Å². The summed E-state index contributed by atoms with van der Waals surface area (Å²) in [6, 6.07) is 15.9. The molecule has 0 aliphatic carbocycles. The normalized spacial score (nSPS) is 17.0. The predicted molar refractivity (Wildman–Crippen MR) is 118 cm³/mol. The van der Waals surface area contributed by atoms with Crippen LogP contribution in [0.3, 0.4) is 0 Å². The minimum absolute atomic E-state index is 0.0827. The molecule has 0 aromatic heterocycles. The molecule has 0 spiro atoms. The number of ether oxygens (including phenoxy) is 2. The lowest BCUT2D eigenvalue weighted by Gasteiger charge is -2.42. The number of rotatable bonds is 6. The molecular formula is C25H28N2O4. The van der Waals surface area contributed by atoms with Gasteiger partial charge >= 0.3 is 0 Å².